The molecular weight excluding hydrogens is 282 g/mol. The first-order valence-corrected chi connectivity index (χ1v) is 7.57. The lowest BCUT2D eigenvalue weighted by Crippen LogP contribution is -2.34. The van der Waals surface area contributed by atoms with Gasteiger partial charge in [-0.05, 0) is 36.6 Å². The summed E-state index contributed by atoms with van der Waals surface area (Å²) in [6.07, 6.45) is 1.52. The minimum atomic E-state index is -0.357. The molecule has 124 valence electrons. The molecule has 0 bridgehead atoms. The van der Waals surface area contributed by atoms with Crippen LogP contribution in [0.25, 0.3) is 0 Å². The van der Waals surface area contributed by atoms with Crippen LogP contribution >= 0.6 is 0 Å². The Morgan fingerprint density at radius 3 is 2.32 bits per heavy atom. The second kappa shape index (κ2) is 9.43. The summed E-state index contributed by atoms with van der Waals surface area (Å²) >= 11 is 0. The highest BCUT2D eigenvalue weighted by atomic mass is 16.5. The summed E-state index contributed by atoms with van der Waals surface area (Å²) < 4.78 is 15.8. The van der Waals surface area contributed by atoms with E-state index in [1.54, 1.807) is 31.4 Å². The number of benzene rings is 1. The highest BCUT2D eigenvalue weighted by molar-refractivity contribution is 5.89. The second-order valence-electron chi connectivity index (χ2n) is 5.68. The Morgan fingerprint density at radius 1 is 1.18 bits per heavy atom. The summed E-state index contributed by atoms with van der Waals surface area (Å²) in [6, 6.07) is 7.00. The van der Waals surface area contributed by atoms with Crippen molar-refractivity contribution in [2.24, 2.45) is 11.7 Å². The maximum Gasteiger partial charge on any atom is 0.337 e. The molecule has 0 aromatic heterocycles. The Kier molecular flexibility index (Phi) is 7.91. The maximum absolute atomic E-state index is 11.4. The number of nitrogens with two attached hydrogens (primary N) is 1. The lowest BCUT2D eigenvalue weighted by Gasteiger charge is -2.24. The first-order valence-electron chi connectivity index (χ1n) is 7.57. The van der Waals surface area contributed by atoms with Crippen molar-refractivity contribution in [3.05, 3.63) is 29.8 Å². The van der Waals surface area contributed by atoms with Crippen LogP contribution in [0.1, 0.15) is 37.0 Å². The number of methoxy groups -OCH3 is 2. The van der Waals surface area contributed by atoms with Crippen molar-refractivity contribution in [1.29, 1.82) is 0 Å². The zero-order chi connectivity index (χ0) is 16.5. The zero-order valence-electron chi connectivity index (χ0n) is 13.9. The maximum atomic E-state index is 11.4. The van der Waals surface area contributed by atoms with Crippen molar-refractivity contribution in [2.75, 3.05) is 20.8 Å². The van der Waals surface area contributed by atoms with E-state index in [0.717, 1.165) is 12.8 Å². The molecule has 1 rings (SSSR count). The van der Waals surface area contributed by atoms with Gasteiger partial charge in [-0.2, -0.15) is 0 Å². The fourth-order valence-electron chi connectivity index (χ4n) is 2.03. The minimum absolute atomic E-state index is 0.0127. The first kappa shape index (κ1) is 18.5. The van der Waals surface area contributed by atoms with E-state index in [1.807, 2.05) is 0 Å². The van der Waals surface area contributed by atoms with Gasteiger partial charge in [0.25, 0.3) is 0 Å². The normalized spacial score (nSPS) is 13.7. The summed E-state index contributed by atoms with van der Waals surface area (Å²) in [7, 11) is 3.03. The standard InChI is InChI=1S/C17H27NO4/c1-12(2)16(18)11-15(9-10-20-3)22-14-7-5-13(6-8-14)17(19)21-4/h5-8,12,15-16H,9-11,18H2,1-4H3. The van der Waals surface area contributed by atoms with E-state index in [-0.39, 0.29) is 18.1 Å². The van der Waals surface area contributed by atoms with Crippen molar-refractivity contribution in [1.82, 2.24) is 0 Å². The molecule has 0 aliphatic carbocycles. The Labute approximate surface area is 132 Å². The van der Waals surface area contributed by atoms with Gasteiger partial charge in [0.05, 0.1) is 12.7 Å². The Morgan fingerprint density at radius 2 is 1.82 bits per heavy atom. The summed E-state index contributed by atoms with van der Waals surface area (Å²) in [4.78, 5) is 11.4. The predicted molar refractivity (Wildman–Crippen MR) is 86.1 cm³/mol. The number of ether oxygens (including phenoxy) is 3. The number of hydrogen-bond acceptors (Lipinski definition) is 5. The van der Waals surface area contributed by atoms with Crippen LogP contribution in [-0.4, -0.2) is 38.9 Å². The van der Waals surface area contributed by atoms with Gasteiger partial charge < -0.3 is 19.9 Å². The molecule has 5 heteroatoms. The van der Waals surface area contributed by atoms with Gasteiger partial charge in [0.1, 0.15) is 11.9 Å². The van der Waals surface area contributed by atoms with Crippen molar-refractivity contribution in [2.45, 2.75) is 38.8 Å². The average molecular weight is 309 g/mol. The van der Waals surface area contributed by atoms with E-state index < -0.39 is 0 Å². The van der Waals surface area contributed by atoms with Gasteiger partial charge >= 0.3 is 5.97 Å². The third-order valence-corrected chi connectivity index (χ3v) is 3.61. The number of carbonyl (C=O) groups is 1. The molecule has 2 unspecified atom stereocenters. The number of esters is 1. The van der Waals surface area contributed by atoms with E-state index in [2.05, 4.69) is 18.6 Å². The molecule has 0 amide bonds. The van der Waals surface area contributed by atoms with E-state index >= 15 is 0 Å². The first-order chi connectivity index (χ1) is 10.5. The fraction of sp³-hybridized carbons (Fsp3) is 0.588. The summed E-state index contributed by atoms with van der Waals surface area (Å²) in [6.45, 7) is 4.82. The fourth-order valence-corrected chi connectivity index (χ4v) is 2.03. The molecule has 22 heavy (non-hydrogen) atoms. The molecule has 5 nitrogen and oxygen atoms in total. The Hall–Kier alpha value is -1.59. The third-order valence-electron chi connectivity index (χ3n) is 3.61. The van der Waals surface area contributed by atoms with Crippen LogP contribution in [0.5, 0.6) is 5.75 Å². The SMILES string of the molecule is COCCC(CC(N)C(C)C)Oc1ccc(C(=O)OC)cc1. The summed E-state index contributed by atoms with van der Waals surface area (Å²) in [5, 5.41) is 0. The lowest BCUT2D eigenvalue weighted by atomic mass is 9.97. The van der Waals surface area contributed by atoms with Gasteiger partial charge in [0.15, 0.2) is 0 Å². The van der Waals surface area contributed by atoms with Crippen LogP contribution in [0, 0.1) is 5.92 Å². The zero-order valence-corrected chi connectivity index (χ0v) is 13.9. The van der Waals surface area contributed by atoms with Crippen LogP contribution in [0.4, 0.5) is 0 Å². The van der Waals surface area contributed by atoms with Gasteiger partial charge in [-0.3, -0.25) is 0 Å². The van der Waals surface area contributed by atoms with E-state index in [1.165, 1.54) is 7.11 Å². The van der Waals surface area contributed by atoms with Crippen LogP contribution in [0.3, 0.4) is 0 Å². The molecule has 1 aromatic carbocycles. The Balaban J connectivity index is 2.69. The van der Waals surface area contributed by atoms with Crippen molar-refractivity contribution >= 4 is 5.97 Å². The molecule has 2 N–H and O–H groups in total. The van der Waals surface area contributed by atoms with Crippen molar-refractivity contribution < 1.29 is 19.0 Å². The van der Waals surface area contributed by atoms with E-state index in [0.29, 0.717) is 23.8 Å². The monoisotopic (exact) mass is 309 g/mol. The number of carbonyl (C=O) groups excluding carboxylic acids is 1. The van der Waals surface area contributed by atoms with Gasteiger partial charge in [0, 0.05) is 26.2 Å². The summed E-state index contributed by atoms with van der Waals surface area (Å²) in [5.74, 6) is 0.754. The van der Waals surface area contributed by atoms with Crippen LogP contribution in [-0.2, 0) is 9.47 Å². The highest BCUT2D eigenvalue weighted by Gasteiger charge is 2.18. The van der Waals surface area contributed by atoms with Gasteiger partial charge in [0.2, 0.25) is 0 Å². The molecule has 0 saturated heterocycles. The third kappa shape index (κ3) is 6.03. The molecule has 0 heterocycles. The molecule has 0 radical (unpaired) electrons. The molecule has 2 atom stereocenters. The van der Waals surface area contributed by atoms with Crippen molar-refractivity contribution in [3.63, 3.8) is 0 Å². The highest BCUT2D eigenvalue weighted by Crippen LogP contribution is 2.19. The Bertz CT molecular complexity index is 444. The molecule has 0 aliphatic heterocycles. The smallest absolute Gasteiger partial charge is 0.337 e. The topological polar surface area (TPSA) is 70.8 Å². The minimum Gasteiger partial charge on any atom is -0.490 e. The van der Waals surface area contributed by atoms with Gasteiger partial charge in [-0.1, -0.05) is 13.8 Å². The molecule has 0 fully saturated rings. The molecular formula is C17H27NO4. The van der Waals surface area contributed by atoms with Gasteiger partial charge in [-0.15, -0.1) is 0 Å². The number of hydrogen-bond donors (Lipinski definition) is 1. The average Bonchev–Trinajstić information content (AvgIpc) is 2.52. The molecule has 0 aliphatic rings. The van der Waals surface area contributed by atoms with Crippen LogP contribution < -0.4 is 10.5 Å². The largest absolute Gasteiger partial charge is 0.490 e. The van der Waals surface area contributed by atoms with Gasteiger partial charge in [-0.25, -0.2) is 4.79 Å². The van der Waals surface area contributed by atoms with Crippen LogP contribution in [0.15, 0.2) is 24.3 Å². The van der Waals surface area contributed by atoms with Crippen molar-refractivity contribution in [3.8, 4) is 5.75 Å². The van der Waals surface area contributed by atoms with E-state index in [4.69, 9.17) is 15.2 Å². The predicted octanol–water partition coefficient (Wildman–Crippen LogP) is 2.63. The quantitative estimate of drug-likeness (QED) is 0.710. The molecule has 0 spiro atoms. The van der Waals surface area contributed by atoms with E-state index in [9.17, 15) is 4.79 Å². The summed E-state index contributed by atoms with van der Waals surface area (Å²) in [5.41, 5.74) is 6.64. The van der Waals surface area contributed by atoms with Crippen LogP contribution in [0.2, 0.25) is 0 Å². The molecule has 0 saturated carbocycles. The number of rotatable bonds is 9. The lowest BCUT2D eigenvalue weighted by molar-refractivity contribution is 0.0600. The molecule has 1 aromatic rings. The second-order valence-corrected chi connectivity index (χ2v) is 5.68.